The summed E-state index contributed by atoms with van der Waals surface area (Å²) in [5.41, 5.74) is 4.34. The molecule has 0 saturated heterocycles. The zero-order valence-electron chi connectivity index (χ0n) is 42.3. The first kappa shape index (κ1) is 54.2. The number of ether oxygens (including phenoxy) is 6. The van der Waals surface area contributed by atoms with Crippen LogP contribution in [0.2, 0.25) is 28.2 Å². The number of methoxy groups -OCH3 is 1. The molecule has 14 nitrogen and oxygen atoms in total. The van der Waals surface area contributed by atoms with Crippen LogP contribution in [0.5, 0.6) is 28.9 Å². The van der Waals surface area contributed by atoms with Gasteiger partial charge in [-0.25, -0.2) is 29.1 Å². The van der Waals surface area contributed by atoms with Gasteiger partial charge < -0.3 is 42.4 Å². The lowest BCUT2D eigenvalue weighted by atomic mass is 9.91. The SMILES string of the molecule is C=CCOC[C@H](CO)Oc1c(Cl)c(C)c(-c2c(-c3ccc(F)cc3)oc3ncnc(O[C@H](Cc4cc(O[Si](C)(C)C(C)(C)C)ccc4OCc4ccnc(-c5ccccc5OC)n4)C(=O)OCC)c23)c(C)c1Cl. The molecule has 0 spiro atoms. The lowest BCUT2D eigenvalue weighted by molar-refractivity contribution is -0.151. The number of fused-ring (bicyclic) bond motifs is 1. The van der Waals surface area contributed by atoms with Crippen LogP contribution in [0.25, 0.3) is 44.9 Å². The molecule has 0 radical (unpaired) electrons. The van der Waals surface area contributed by atoms with E-state index < -0.39 is 32.3 Å². The first-order valence-corrected chi connectivity index (χ1v) is 27.3. The van der Waals surface area contributed by atoms with Gasteiger partial charge >= 0.3 is 5.97 Å². The Balaban J connectivity index is 1.34. The van der Waals surface area contributed by atoms with Crippen molar-refractivity contribution in [3.63, 3.8) is 0 Å². The second kappa shape index (κ2) is 23.5. The second-order valence-electron chi connectivity index (χ2n) is 18.6. The zero-order chi connectivity index (χ0) is 52.6. The van der Waals surface area contributed by atoms with E-state index in [1.807, 2.05) is 36.4 Å². The van der Waals surface area contributed by atoms with Crippen molar-refractivity contribution < 1.29 is 51.6 Å². The molecule has 0 aliphatic rings. The minimum Gasteiger partial charge on any atom is -0.543 e. The van der Waals surface area contributed by atoms with E-state index in [1.165, 1.54) is 18.5 Å². The normalized spacial score (nSPS) is 12.6. The summed E-state index contributed by atoms with van der Waals surface area (Å²) >= 11 is 14.3. The Kier molecular flexibility index (Phi) is 17.5. The molecule has 0 unspecified atom stereocenters. The number of hydrogen-bond acceptors (Lipinski definition) is 14. The highest BCUT2D eigenvalue weighted by atomic mass is 35.5. The molecular weight excluding hydrogens is 995 g/mol. The van der Waals surface area contributed by atoms with Gasteiger partial charge in [0.15, 0.2) is 11.6 Å². The summed E-state index contributed by atoms with van der Waals surface area (Å²) in [6.07, 6.45) is 2.27. The smallest absolute Gasteiger partial charge is 0.347 e. The molecule has 0 amide bonds. The van der Waals surface area contributed by atoms with Gasteiger partial charge in [0, 0.05) is 29.3 Å². The predicted octanol–water partition coefficient (Wildman–Crippen LogP) is 12.5. The van der Waals surface area contributed by atoms with Crippen molar-refractivity contribution in [1.29, 1.82) is 0 Å². The van der Waals surface area contributed by atoms with Gasteiger partial charge in [-0.05, 0) is 116 Å². The average molecular weight is 1050 g/mol. The Labute approximate surface area is 435 Å². The Morgan fingerprint density at radius 2 is 1.67 bits per heavy atom. The fourth-order valence-electron chi connectivity index (χ4n) is 7.73. The van der Waals surface area contributed by atoms with Crippen LogP contribution in [0, 0.1) is 19.7 Å². The van der Waals surface area contributed by atoms with Crippen molar-refractivity contribution in [2.24, 2.45) is 0 Å². The van der Waals surface area contributed by atoms with Crippen LogP contribution < -0.4 is 23.4 Å². The van der Waals surface area contributed by atoms with E-state index in [1.54, 1.807) is 64.4 Å². The Morgan fingerprint density at radius 3 is 2.34 bits per heavy atom. The Morgan fingerprint density at radius 1 is 0.945 bits per heavy atom. The fraction of sp³-hybridized carbons (Fsp3) is 0.327. The van der Waals surface area contributed by atoms with E-state index in [2.05, 4.69) is 55.4 Å². The Bertz CT molecular complexity index is 3060. The quantitative estimate of drug-likeness (QED) is 0.0295. The summed E-state index contributed by atoms with van der Waals surface area (Å²) in [5, 5.41) is 10.6. The molecule has 3 aromatic heterocycles. The molecule has 0 bridgehead atoms. The minimum absolute atomic E-state index is 0.0326. The van der Waals surface area contributed by atoms with Gasteiger partial charge in [-0.3, -0.25) is 0 Å². The summed E-state index contributed by atoms with van der Waals surface area (Å²) in [6.45, 7) is 19.6. The number of aromatic nitrogens is 4. The third-order valence-electron chi connectivity index (χ3n) is 12.5. The minimum atomic E-state index is -2.36. The number of carbonyl (C=O) groups excluding carboxylic acids is 1. The summed E-state index contributed by atoms with van der Waals surface area (Å²) in [5.74, 6) is 1.31. The van der Waals surface area contributed by atoms with E-state index in [0.29, 0.717) is 62.1 Å². The van der Waals surface area contributed by atoms with Crippen LogP contribution in [0.15, 0.2) is 102 Å². The van der Waals surface area contributed by atoms with Gasteiger partial charge in [0.25, 0.3) is 0 Å². The number of furan rings is 1. The van der Waals surface area contributed by atoms with Crippen LogP contribution >= 0.6 is 23.2 Å². The van der Waals surface area contributed by atoms with Crippen LogP contribution in [0.3, 0.4) is 0 Å². The predicted molar refractivity (Wildman–Crippen MR) is 282 cm³/mol. The van der Waals surface area contributed by atoms with Crippen molar-refractivity contribution in [3.8, 4) is 62.7 Å². The third-order valence-corrected chi connectivity index (χ3v) is 17.8. The molecule has 7 aromatic rings. The molecule has 7 rings (SSSR count). The average Bonchev–Trinajstić information content (AvgIpc) is 3.76. The van der Waals surface area contributed by atoms with E-state index >= 15 is 0 Å². The number of hydrogen-bond donors (Lipinski definition) is 1. The fourth-order valence-corrected chi connectivity index (χ4v) is 9.26. The van der Waals surface area contributed by atoms with Gasteiger partial charge in [-0.2, -0.15) is 0 Å². The standard InChI is InChI=1S/C55H59Cl2FN4O10Si/c1-11-25-66-30-39(28-63)69-50-47(56)32(3)44(33(4)48(50)57)45-46-52(60-31-61-53(46)71-49(45)34-17-19-36(58)20-18-34)70-43(54(64)67-12-2)27-35-26-38(72-73(9,10)55(5,6)7)21-22-41(35)68-29-37-23-24-59-51(62-37)40-15-13-14-16-42(40)65-8/h11,13-24,26,31,39,43,63H,1,12,25,27-30H2,2-10H3/t39-,43+/m0/s1. The lowest BCUT2D eigenvalue weighted by Gasteiger charge is -2.36. The molecule has 384 valence electrons. The van der Waals surface area contributed by atoms with Crippen LogP contribution in [0.4, 0.5) is 4.39 Å². The first-order valence-electron chi connectivity index (χ1n) is 23.6. The molecule has 0 saturated carbocycles. The van der Waals surface area contributed by atoms with E-state index in [4.69, 9.17) is 65.5 Å². The van der Waals surface area contributed by atoms with Crippen LogP contribution in [0.1, 0.15) is 50.1 Å². The monoisotopic (exact) mass is 1050 g/mol. The number of benzene rings is 4. The number of rotatable bonds is 22. The lowest BCUT2D eigenvalue weighted by Crippen LogP contribution is -2.43. The van der Waals surface area contributed by atoms with Crippen molar-refractivity contribution >= 4 is 48.6 Å². The molecule has 0 fully saturated rings. The summed E-state index contributed by atoms with van der Waals surface area (Å²) in [6, 6.07) is 20.5. The highest BCUT2D eigenvalue weighted by molar-refractivity contribution is 6.74. The summed E-state index contributed by atoms with van der Waals surface area (Å²) in [7, 11) is -0.770. The molecule has 4 aromatic carbocycles. The highest BCUT2D eigenvalue weighted by Gasteiger charge is 2.39. The highest BCUT2D eigenvalue weighted by Crippen LogP contribution is 2.51. The van der Waals surface area contributed by atoms with Crippen molar-refractivity contribution in [1.82, 2.24) is 19.9 Å². The number of aliphatic hydroxyl groups is 1. The van der Waals surface area contributed by atoms with Gasteiger partial charge in [0.05, 0.1) is 54.8 Å². The van der Waals surface area contributed by atoms with Crippen molar-refractivity contribution in [3.05, 3.63) is 136 Å². The molecule has 0 aliphatic heterocycles. The van der Waals surface area contributed by atoms with Crippen LogP contribution in [-0.4, -0.2) is 85.1 Å². The number of carbonyl (C=O) groups is 1. The van der Waals surface area contributed by atoms with E-state index in [0.717, 1.165) is 5.56 Å². The number of esters is 1. The second-order valence-corrected chi connectivity index (χ2v) is 24.0. The molecule has 3 heterocycles. The van der Waals surface area contributed by atoms with E-state index in [-0.39, 0.29) is 83.0 Å². The maximum absolute atomic E-state index is 14.5. The largest absolute Gasteiger partial charge is 0.543 e. The van der Waals surface area contributed by atoms with Crippen molar-refractivity contribution in [2.45, 2.75) is 84.9 Å². The maximum Gasteiger partial charge on any atom is 0.347 e. The number of para-hydroxylation sites is 1. The number of nitrogens with zero attached hydrogens (tertiary/aromatic N) is 4. The Hall–Kier alpha value is -6.56. The maximum atomic E-state index is 14.5. The molecule has 2 atom stereocenters. The molecular formula is C55H59Cl2FN4O10Si. The molecule has 18 heteroatoms. The van der Waals surface area contributed by atoms with Gasteiger partial charge in [0.1, 0.15) is 53.3 Å². The van der Waals surface area contributed by atoms with Crippen molar-refractivity contribution in [2.75, 3.05) is 33.5 Å². The zero-order valence-corrected chi connectivity index (χ0v) is 44.8. The topological polar surface area (TPSA) is 167 Å². The molecule has 1 N–H and O–H groups in total. The summed E-state index contributed by atoms with van der Waals surface area (Å²) in [4.78, 5) is 32.7. The summed E-state index contributed by atoms with van der Waals surface area (Å²) < 4.78 is 64.0. The number of halogens is 3. The van der Waals surface area contributed by atoms with Gasteiger partial charge in [-0.15, -0.1) is 6.58 Å². The van der Waals surface area contributed by atoms with E-state index in [9.17, 15) is 14.3 Å². The number of aliphatic hydroxyl groups excluding tert-OH is 1. The van der Waals surface area contributed by atoms with Gasteiger partial charge in [-0.1, -0.05) is 62.2 Å². The van der Waals surface area contributed by atoms with Gasteiger partial charge in [0.2, 0.25) is 26.0 Å². The third kappa shape index (κ3) is 12.3. The molecule has 73 heavy (non-hydrogen) atoms. The molecule has 0 aliphatic carbocycles. The van der Waals surface area contributed by atoms with Crippen LogP contribution in [-0.2, 0) is 27.3 Å². The first-order chi connectivity index (χ1) is 34.9.